The number of benzene rings is 1. The summed E-state index contributed by atoms with van der Waals surface area (Å²) < 4.78 is 20.7. The van der Waals surface area contributed by atoms with Crippen LogP contribution < -0.4 is 4.90 Å². The molecule has 1 aromatic heterocycles. The lowest BCUT2D eigenvalue weighted by Crippen LogP contribution is -2.42. The van der Waals surface area contributed by atoms with Gasteiger partial charge in [-0.3, -0.25) is 9.69 Å². The van der Waals surface area contributed by atoms with Crippen molar-refractivity contribution in [3.8, 4) is 5.69 Å². The van der Waals surface area contributed by atoms with Gasteiger partial charge in [-0.15, -0.1) is 5.10 Å². The topological polar surface area (TPSA) is 80.6 Å². The summed E-state index contributed by atoms with van der Waals surface area (Å²) in [6.07, 6.45) is 1.33. The molecule has 0 spiro atoms. The summed E-state index contributed by atoms with van der Waals surface area (Å²) >= 11 is 11.1. The first-order valence-corrected chi connectivity index (χ1v) is 7.95. The van der Waals surface area contributed by atoms with Crippen molar-refractivity contribution in [3.63, 3.8) is 0 Å². The zero-order valence-electron chi connectivity index (χ0n) is 12.8. The molecule has 25 heavy (non-hydrogen) atoms. The number of halogens is 3. The van der Waals surface area contributed by atoms with Crippen LogP contribution in [0.25, 0.3) is 5.69 Å². The fourth-order valence-corrected chi connectivity index (χ4v) is 2.65. The first kappa shape index (κ1) is 17.4. The molecule has 1 atom stereocenters. The van der Waals surface area contributed by atoms with E-state index in [1.165, 1.54) is 47.2 Å². The van der Waals surface area contributed by atoms with Gasteiger partial charge < -0.3 is 9.64 Å². The summed E-state index contributed by atoms with van der Waals surface area (Å²) in [4.78, 5) is 24.9. The Bertz CT molecular complexity index is 802. The molecule has 0 saturated carbocycles. The Morgan fingerprint density at radius 2 is 2.24 bits per heavy atom. The Morgan fingerprint density at radius 1 is 1.48 bits per heavy atom. The van der Waals surface area contributed by atoms with Gasteiger partial charge in [-0.1, -0.05) is 28.4 Å². The molecule has 0 N–H and O–H groups in total. The van der Waals surface area contributed by atoms with Crippen molar-refractivity contribution in [2.24, 2.45) is 0 Å². The Labute approximate surface area is 151 Å². The third-order valence-corrected chi connectivity index (χ3v) is 4.05. The first-order chi connectivity index (χ1) is 11.9. The second kappa shape index (κ2) is 6.85. The molecule has 2 amide bonds. The number of anilines is 1. The number of likely N-dealkylation sites (N-methyl/N-ethyl adjacent to an activating group) is 1. The van der Waals surface area contributed by atoms with E-state index in [4.69, 9.17) is 27.9 Å². The molecule has 1 saturated heterocycles. The number of rotatable bonds is 4. The maximum Gasteiger partial charge on any atom is 0.416 e. The molecule has 0 aliphatic carbocycles. The highest BCUT2D eigenvalue weighted by Crippen LogP contribution is 2.26. The van der Waals surface area contributed by atoms with Crippen molar-refractivity contribution in [1.29, 1.82) is 0 Å². The molecule has 1 aliphatic rings. The average Bonchev–Trinajstić information content (AvgIpc) is 3.23. The smallest absolute Gasteiger partial charge is 0.416 e. The third kappa shape index (κ3) is 3.38. The lowest BCUT2D eigenvalue weighted by atomic mass is 10.2. The van der Waals surface area contributed by atoms with Crippen LogP contribution in [0.15, 0.2) is 30.6 Å². The number of aromatic nitrogens is 3. The molecule has 1 aromatic carbocycles. The van der Waals surface area contributed by atoms with E-state index < -0.39 is 28.9 Å². The van der Waals surface area contributed by atoms with E-state index in [0.29, 0.717) is 0 Å². The van der Waals surface area contributed by atoms with Gasteiger partial charge >= 0.3 is 6.09 Å². The van der Waals surface area contributed by atoms with Gasteiger partial charge in [-0.05, 0) is 18.2 Å². The van der Waals surface area contributed by atoms with E-state index in [1.54, 1.807) is 0 Å². The largest absolute Gasteiger partial charge is 0.423 e. The SMILES string of the molecule is CN(C(=O)C(Cl)Cl)C1CN(c2ccc(-n3ccnn3)c(F)c2)C(=O)O1. The van der Waals surface area contributed by atoms with Crippen molar-refractivity contribution in [1.82, 2.24) is 19.9 Å². The molecule has 2 heterocycles. The predicted molar refractivity (Wildman–Crippen MR) is 87.2 cm³/mol. The highest BCUT2D eigenvalue weighted by Gasteiger charge is 2.38. The molecule has 3 rings (SSSR count). The van der Waals surface area contributed by atoms with Gasteiger partial charge in [0.1, 0.15) is 5.69 Å². The van der Waals surface area contributed by atoms with Crippen molar-refractivity contribution >= 4 is 40.9 Å². The van der Waals surface area contributed by atoms with Crippen LogP contribution in [-0.4, -0.2) is 56.6 Å². The lowest BCUT2D eigenvalue weighted by molar-refractivity contribution is -0.134. The van der Waals surface area contributed by atoms with E-state index in [2.05, 4.69) is 10.3 Å². The maximum atomic E-state index is 14.3. The number of hydrogen-bond acceptors (Lipinski definition) is 5. The van der Waals surface area contributed by atoms with Crippen molar-refractivity contribution < 1.29 is 18.7 Å². The van der Waals surface area contributed by atoms with E-state index >= 15 is 0 Å². The van der Waals surface area contributed by atoms with Crippen molar-refractivity contribution in [3.05, 3.63) is 36.4 Å². The number of carbonyl (C=O) groups excluding carboxylic acids is 2. The molecule has 0 radical (unpaired) electrons. The zero-order valence-corrected chi connectivity index (χ0v) is 14.4. The highest BCUT2D eigenvalue weighted by atomic mass is 35.5. The van der Waals surface area contributed by atoms with Gasteiger partial charge in [0.15, 0.2) is 16.9 Å². The standard InChI is InChI=1S/C14H12Cl2FN5O3/c1-20(13(23)12(15)16)11-7-21(14(24)25-11)8-2-3-10(9(17)6-8)22-5-4-18-19-22/h2-6,11-12H,7H2,1H3. The summed E-state index contributed by atoms with van der Waals surface area (Å²) in [5, 5.41) is 7.33. The molecule has 8 nitrogen and oxygen atoms in total. The zero-order chi connectivity index (χ0) is 18.1. The Balaban J connectivity index is 1.79. The molecule has 11 heteroatoms. The second-order valence-electron chi connectivity index (χ2n) is 5.18. The minimum absolute atomic E-state index is 0.0175. The van der Waals surface area contributed by atoms with Gasteiger partial charge in [0.25, 0.3) is 5.91 Å². The third-order valence-electron chi connectivity index (χ3n) is 3.67. The minimum atomic E-state index is -1.27. The van der Waals surface area contributed by atoms with Crippen LogP contribution in [0.5, 0.6) is 0 Å². The molecule has 132 valence electrons. The molecule has 1 unspecified atom stereocenters. The van der Waals surface area contributed by atoms with Gasteiger partial charge in [-0.25, -0.2) is 13.9 Å². The van der Waals surface area contributed by atoms with E-state index in [-0.39, 0.29) is 17.9 Å². The monoisotopic (exact) mass is 387 g/mol. The minimum Gasteiger partial charge on any atom is -0.423 e. The quantitative estimate of drug-likeness (QED) is 0.748. The van der Waals surface area contributed by atoms with Crippen LogP contribution in [-0.2, 0) is 9.53 Å². The molecule has 2 aromatic rings. The number of amides is 2. The van der Waals surface area contributed by atoms with Gasteiger partial charge in [0.05, 0.1) is 24.6 Å². The summed E-state index contributed by atoms with van der Waals surface area (Å²) in [5.41, 5.74) is 0.466. The number of alkyl halides is 2. The number of nitrogens with zero attached hydrogens (tertiary/aromatic N) is 5. The van der Waals surface area contributed by atoms with Gasteiger partial charge in [0, 0.05) is 7.05 Å². The molecular formula is C14H12Cl2FN5O3. The average molecular weight is 388 g/mol. The van der Waals surface area contributed by atoms with Gasteiger partial charge in [0.2, 0.25) is 0 Å². The Morgan fingerprint density at radius 3 is 2.84 bits per heavy atom. The number of carbonyl (C=O) groups is 2. The fourth-order valence-electron chi connectivity index (χ4n) is 2.34. The van der Waals surface area contributed by atoms with Crippen LogP contribution in [0.1, 0.15) is 0 Å². The van der Waals surface area contributed by atoms with Crippen molar-refractivity contribution in [2.45, 2.75) is 11.1 Å². The summed E-state index contributed by atoms with van der Waals surface area (Å²) in [6, 6.07) is 4.17. The Kier molecular flexibility index (Phi) is 4.78. The second-order valence-corrected chi connectivity index (χ2v) is 6.28. The lowest BCUT2D eigenvalue weighted by Gasteiger charge is -2.22. The maximum absolute atomic E-state index is 14.3. The number of cyclic esters (lactones) is 1. The summed E-state index contributed by atoms with van der Waals surface area (Å²) in [7, 11) is 1.41. The molecular weight excluding hydrogens is 376 g/mol. The van der Waals surface area contributed by atoms with Crippen LogP contribution in [0, 0.1) is 5.82 Å². The molecule has 1 aliphatic heterocycles. The van der Waals surface area contributed by atoms with E-state index in [1.807, 2.05) is 0 Å². The van der Waals surface area contributed by atoms with Crippen LogP contribution >= 0.6 is 23.2 Å². The summed E-state index contributed by atoms with van der Waals surface area (Å²) in [6.45, 7) is 0.0175. The van der Waals surface area contributed by atoms with E-state index in [9.17, 15) is 14.0 Å². The van der Waals surface area contributed by atoms with Crippen LogP contribution in [0.4, 0.5) is 14.9 Å². The fraction of sp³-hybridized carbons (Fsp3) is 0.286. The molecule has 1 fully saturated rings. The number of hydrogen-bond donors (Lipinski definition) is 0. The predicted octanol–water partition coefficient (Wildman–Crippen LogP) is 1.95. The van der Waals surface area contributed by atoms with Crippen molar-refractivity contribution in [2.75, 3.05) is 18.5 Å². The molecule has 0 bridgehead atoms. The van der Waals surface area contributed by atoms with Crippen LogP contribution in [0.3, 0.4) is 0 Å². The number of ether oxygens (including phenoxy) is 1. The van der Waals surface area contributed by atoms with Gasteiger partial charge in [-0.2, -0.15) is 0 Å². The van der Waals surface area contributed by atoms with E-state index in [0.717, 1.165) is 4.90 Å². The highest BCUT2D eigenvalue weighted by molar-refractivity contribution is 6.53. The normalized spacial score (nSPS) is 17.1. The first-order valence-electron chi connectivity index (χ1n) is 7.07. The van der Waals surface area contributed by atoms with Crippen LogP contribution in [0.2, 0.25) is 0 Å². The summed E-state index contributed by atoms with van der Waals surface area (Å²) in [5.74, 6) is -1.19. The Hall–Kier alpha value is -2.39.